The molecule has 0 bridgehead atoms. The van der Waals surface area contributed by atoms with E-state index in [9.17, 15) is 8.78 Å². The summed E-state index contributed by atoms with van der Waals surface area (Å²) in [6.07, 6.45) is 0.623. The predicted molar refractivity (Wildman–Crippen MR) is 68.3 cm³/mol. The Morgan fingerprint density at radius 2 is 1.72 bits per heavy atom. The number of hydrogen-bond donors (Lipinski definition) is 1. The van der Waals surface area contributed by atoms with Crippen LogP contribution < -0.4 is 5.32 Å². The van der Waals surface area contributed by atoms with Crippen LogP contribution in [-0.2, 0) is 6.42 Å². The minimum absolute atomic E-state index is 0.0936. The normalized spacial score (nSPS) is 12.4. The molecule has 1 nitrogen and oxygen atoms in total. The third kappa shape index (κ3) is 2.93. The monoisotopic (exact) mass is 247 g/mol. The van der Waals surface area contributed by atoms with Crippen molar-refractivity contribution < 1.29 is 8.78 Å². The van der Waals surface area contributed by atoms with Crippen molar-refractivity contribution in [2.75, 3.05) is 7.05 Å². The lowest BCUT2D eigenvalue weighted by molar-refractivity contribution is 0.504. The third-order valence-corrected chi connectivity index (χ3v) is 2.97. The Hall–Kier alpha value is -1.74. The van der Waals surface area contributed by atoms with Crippen LogP contribution >= 0.6 is 0 Å². The Balaban J connectivity index is 2.18. The smallest absolute Gasteiger partial charge is 0.159 e. The molecule has 0 spiro atoms. The van der Waals surface area contributed by atoms with Gasteiger partial charge in [0.25, 0.3) is 0 Å². The summed E-state index contributed by atoms with van der Waals surface area (Å²) < 4.78 is 26.0. The summed E-state index contributed by atoms with van der Waals surface area (Å²) >= 11 is 0. The minimum Gasteiger partial charge on any atom is -0.313 e. The topological polar surface area (TPSA) is 12.0 Å². The van der Waals surface area contributed by atoms with Gasteiger partial charge in [-0.05, 0) is 36.7 Å². The predicted octanol–water partition coefficient (Wildman–Crippen LogP) is 3.47. The Morgan fingerprint density at radius 3 is 2.33 bits per heavy atom. The van der Waals surface area contributed by atoms with Crippen molar-refractivity contribution in [3.05, 3.63) is 71.3 Å². The molecule has 0 saturated heterocycles. The number of nitrogens with one attached hydrogen (secondary N) is 1. The first-order valence-electron chi connectivity index (χ1n) is 5.87. The molecule has 1 atom stereocenters. The maximum absolute atomic E-state index is 13.1. The van der Waals surface area contributed by atoms with Crippen molar-refractivity contribution in [2.45, 2.75) is 12.5 Å². The van der Waals surface area contributed by atoms with Gasteiger partial charge >= 0.3 is 0 Å². The summed E-state index contributed by atoms with van der Waals surface area (Å²) in [5, 5.41) is 3.18. The molecule has 1 unspecified atom stereocenters. The summed E-state index contributed by atoms with van der Waals surface area (Å²) in [5.74, 6) is -1.60. The van der Waals surface area contributed by atoms with Gasteiger partial charge in [0.1, 0.15) is 0 Å². The zero-order valence-electron chi connectivity index (χ0n) is 10.2. The van der Waals surface area contributed by atoms with E-state index in [0.29, 0.717) is 6.42 Å². The van der Waals surface area contributed by atoms with Crippen LogP contribution in [-0.4, -0.2) is 7.05 Å². The van der Waals surface area contributed by atoms with E-state index < -0.39 is 11.6 Å². The second-order valence-corrected chi connectivity index (χ2v) is 4.20. The molecule has 0 aromatic heterocycles. The molecule has 0 amide bonds. The van der Waals surface area contributed by atoms with Crippen molar-refractivity contribution >= 4 is 0 Å². The largest absolute Gasteiger partial charge is 0.313 e. The Labute approximate surface area is 105 Å². The lowest BCUT2D eigenvalue weighted by Gasteiger charge is -2.16. The lowest BCUT2D eigenvalue weighted by Crippen LogP contribution is -2.18. The van der Waals surface area contributed by atoms with Crippen molar-refractivity contribution in [1.29, 1.82) is 0 Å². The standard InChI is InChI=1S/C15H15F2N/c1-18-15(12-5-3-2-4-6-12)10-11-7-8-13(16)14(17)9-11/h2-9,15,18H,10H2,1H3. The van der Waals surface area contributed by atoms with E-state index in [0.717, 1.165) is 11.1 Å². The van der Waals surface area contributed by atoms with Crippen molar-refractivity contribution in [3.63, 3.8) is 0 Å². The maximum atomic E-state index is 13.1. The average Bonchev–Trinajstić information content (AvgIpc) is 2.41. The molecule has 94 valence electrons. The first-order chi connectivity index (χ1) is 8.70. The maximum Gasteiger partial charge on any atom is 0.159 e. The van der Waals surface area contributed by atoms with E-state index in [4.69, 9.17) is 0 Å². The van der Waals surface area contributed by atoms with Gasteiger partial charge in [-0.2, -0.15) is 0 Å². The summed E-state index contributed by atoms with van der Waals surface area (Å²) in [6.45, 7) is 0. The first-order valence-corrected chi connectivity index (χ1v) is 5.87. The zero-order valence-corrected chi connectivity index (χ0v) is 10.2. The van der Waals surface area contributed by atoms with Crippen molar-refractivity contribution in [3.8, 4) is 0 Å². The van der Waals surface area contributed by atoms with Gasteiger partial charge in [-0.25, -0.2) is 8.78 Å². The number of hydrogen-bond acceptors (Lipinski definition) is 1. The van der Waals surface area contributed by atoms with Crippen molar-refractivity contribution in [2.24, 2.45) is 0 Å². The fourth-order valence-corrected chi connectivity index (χ4v) is 1.97. The molecular weight excluding hydrogens is 232 g/mol. The first kappa shape index (κ1) is 12.7. The molecule has 2 aromatic carbocycles. The van der Waals surface area contributed by atoms with E-state index in [1.54, 1.807) is 6.07 Å². The summed E-state index contributed by atoms with van der Waals surface area (Å²) in [7, 11) is 1.86. The van der Waals surface area contributed by atoms with Gasteiger partial charge in [0.2, 0.25) is 0 Å². The molecule has 1 N–H and O–H groups in total. The third-order valence-electron chi connectivity index (χ3n) is 2.97. The van der Waals surface area contributed by atoms with E-state index in [1.807, 2.05) is 37.4 Å². The fourth-order valence-electron chi connectivity index (χ4n) is 1.97. The molecule has 3 heteroatoms. The fraction of sp³-hybridized carbons (Fsp3) is 0.200. The number of likely N-dealkylation sites (N-methyl/N-ethyl adjacent to an activating group) is 1. The van der Waals surface area contributed by atoms with Crippen LogP contribution in [0.3, 0.4) is 0 Å². The van der Waals surface area contributed by atoms with Crippen LogP contribution in [0.2, 0.25) is 0 Å². The molecule has 0 heterocycles. The molecule has 0 saturated carbocycles. The highest BCUT2D eigenvalue weighted by Crippen LogP contribution is 2.19. The van der Waals surface area contributed by atoms with Gasteiger partial charge in [-0.1, -0.05) is 36.4 Å². The van der Waals surface area contributed by atoms with E-state index in [2.05, 4.69) is 5.32 Å². The highest BCUT2D eigenvalue weighted by atomic mass is 19.2. The van der Waals surface area contributed by atoms with Gasteiger partial charge < -0.3 is 5.32 Å². The second kappa shape index (κ2) is 5.74. The molecular formula is C15H15F2N. The molecule has 0 fully saturated rings. The summed E-state index contributed by atoms with van der Waals surface area (Å²) in [5.41, 5.74) is 1.90. The quantitative estimate of drug-likeness (QED) is 0.872. The van der Waals surface area contributed by atoms with Gasteiger partial charge in [0.05, 0.1) is 0 Å². The minimum atomic E-state index is -0.806. The van der Waals surface area contributed by atoms with Crippen LogP contribution in [0.4, 0.5) is 8.78 Å². The Kier molecular flexibility index (Phi) is 4.05. The molecule has 2 rings (SSSR count). The summed E-state index contributed by atoms with van der Waals surface area (Å²) in [4.78, 5) is 0. The lowest BCUT2D eigenvalue weighted by atomic mass is 9.99. The highest BCUT2D eigenvalue weighted by molar-refractivity contribution is 5.24. The highest BCUT2D eigenvalue weighted by Gasteiger charge is 2.11. The van der Waals surface area contributed by atoms with Gasteiger partial charge in [-0.15, -0.1) is 0 Å². The van der Waals surface area contributed by atoms with E-state index in [-0.39, 0.29) is 6.04 Å². The van der Waals surface area contributed by atoms with E-state index >= 15 is 0 Å². The SMILES string of the molecule is CNC(Cc1ccc(F)c(F)c1)c1ccccc1. The van der Waals surface area contributed by atoms with E-state index in [1.165, 1.54) is 12.1 Å². The number of benzene rings is 2. The van der Waals surface area contributed by atoms with Gasteiger partial charge in [0.15, 0.2) is 11.6 Å². The van der Waals surface area contributed by atoms with Crippen LogP contribution in [0.1, 0.15) is 17.2 Å². The Morgan fingerprint density at radius 1 is 1.00 bits per heavy atom. The molecule has 2 aromatic rings. The van der Waals surface area contributed by atoms with Crippen LogP contribution in [0.25, 0.3) is 0 Å². The average molecular weight is 247 g/mol. The molecule has 0 radical (unpaired) electrons. The van der Waals surface area contributed by atoms with Crippen LogP contribution in [0.5, 0.6) is 0 Å². The Bertz CT molecular complexity index is 511. The second-order valence-electron chi connectivity index (χ2n) is 4.20. The number of rotatable bonds is 4. The molecule has 0 aliphatic heterocycles. The summed E-state index contributed by atoms with van der Waals surface area (Å²) in [6, 6.07) is 14.0. The van der Waals surface area contributed by atoms with Crippen LogP contribution in [0.15, 0.2) is 48.5 Å². The zero-order chi connectivity index (χ0) is 13.0. The van der Waals surface area contributed by atoms with Crippen molar-refractivity contribution in [1.82, 2.24) is 5.32 Å². The van der Waals surface area contributed by atoms with Crippen LogP contribution in [0, 0.1) is 11.6 Å². The van der Waals surface area contributed by atoms with Gasteiger partial charge in [0, 0.05) is 6.04 Å². The number of halogens is 2. The molecule has 0 aliphatic carbocycles. The molecule has 0 aliphatic rings. The van der Waals surface area contributed by atoms with Gasteiger partial charge in [-0.3, -0.25) is 0 Å². The molecule has 18 heavy (non-hydrogen) atoms.